The van der Waals surface area contributed by atoms with Crippen molar-refractivity contribution in [1.82, 2.24) is 5.32 Å². The molecule has 0 spiro atoms. The molecule has 1 heterocycles. The predicted octanol–water partition coefficient (Wildman–Crippen LogP) is 2.48. The molecule has 0 aromatic carbocycles. The third-order valence-electron chi connectivity index (χ3n) is 1.42. The Hall–Kier alpha value is -0.370. The molecular formula is C8H13NS. The van der Waals surface area contributed by atoms with E-state index in [-0.39, 0.29) is 0 Å². The Balaban J connectivity index is 2.66. The van der Waals surface area contributed by atoms with E-state index in [2.05, 4.69) is 31.3 Å². The van der Waals surface area contributed by atoms with Crippen molar-refractivity contribution < 1.29 is 0 Å². The molecule has 1 atom stereocenters. The van der Waals surface area contributed by atoms with Crippen molar-refractivity contribution in [2.24, 2.45) is 0 Å². The van der Waals surface area contributed by atoms with Crippen LogP contribution in [0.4, 0.5) is 0 Å². The van der Waals surface area contributed by atoms with Crippen LogP contribution in [0, 0.1) is 0 Å². The second-order valence-corrected chi connectivity index (χ2v) is 3.93. The standard InChI is InChI=1S/C8H13NS/c1-4-5-8-6(2)10-7(3)9-8/h4-5,7,9H,1-3H3/b5-4-. The molecule has 1 aliphatic rings. The van der Waals surface area contributed by atoms with Crippen molar-refractivity contribution in [1.29, 1.82) is 0 Å². The molecule has 56 valence electrons. The molecule has 0 amide bonds. The second-order valence-electron chi connectivity index (χ2n) is 2.37. The zero-order valence-corrected chi connectivity index (χ0v) is 7.46. The maximum absolute atomic E-state index is 3.36. The van der Waals surface area contributed by atoms with Crippen molar-refractivity contribution in [3.8, 4) is 0 Å². The van der Waals surface area contributed by atoms with Crippen molar-refractivity contribution in [2.45, 2.75) is 26.1 Å². The van der Waals surface area contributed by atoms with E-state index in [9.17, 15) is 0 Å². The van der Waals surface area contributed by atoms with E-state index in [1.165, 1.54) is 10.6 Å². The molecule has 0 aromatic heterocycles. The number of thioether (sulfide) groups is 1. The summed E-state index contributed by atoms with van der Waals surface area (Å²) >= 11 is 1.89. The lowest BCUT2D eigenvalue weighted by molar-refractivity contribution is 0.839. The quantitative estimate of drug-likeness (QED) is 0.624. The summed E-state index contributed by atoms with van der Waals surface area (Å²) < 4.78 is 0. The summed E-state index contributed by atoms with van der Waals surface area (Å²) in [5, 5.41) is 3.91. The Kier molecular flexibility index (Phi) is 2.44. The van der Waals surface area contributed by atoms with Gasteiger partial charge in [-0.1, -0.05) is 6.08 Å². The van der Waals surface area contributed by atoms with Gasteiger partial charge in [0.15, 0.2) is 0 Å². The van der Waals surface area contributed by atoms with Crippen LogP contribution < -0.4 is 5.32 Å². The zero-order chi connectivity index (χ0) is 7.56. The first-order valence-electron chi connectivity index (χ1n) is 3.51. The molecule has 0 saturated heterocycles. The molecule has 0 aliphatic carbocycles. The monoisotopic (exact) mass is 155 g/mol. The van der Waals surface area contributed by atoms with Gasteiger partial charge >= 0.3 is 0 Å². The topological polar surface area (TPSA) is 12.0 Å². The second kappa shape index (κ2) is 3.15. The van der Waals surface area contributed by atoms with Crippen LogP contribution in [0.1, 0.15) is 20.8 Å². The minimum atomic E-state index is 0.547. The molecule has 1 N–H and O–H groups in total. The SMILES string of the molecule is C/C=C\C1=C(C)SC(C)N1. The average Bonchev–Trinajstić information content (AvgIpc) is 2.13. The smallest absolute Gasteiger partial charge is 0.0738 e. The average molecular weight is 155 g/mol. The van der Waals surface area contributed by atoms with Gasteiger partial charge in [0.2, 0.25) is 0 Å². The van der Waals surface area contributed by atoms with Gasteiger partial charge in [-0.2, -0.15) is 0 Å². The fourth-order valence-electron chi connectivity index (χ4n) is 1.01. The summed E-state index contributed by atoms with van der Waals surface area (Å²) in [5.74, 6) is 0. The van der Waals surface area contributed by atoms with Crippen LogP contribution in [-0.4, -0.2) is 5.37 Å². The molecule has 1 unspecified atom stereocenters. The first kappa shape index (κ1) is 7.73. The lowest BCUT2D eigenvalue weighted by Gasteiger charge is -2.01. The number of allylic oxidation sites excluding steroid dienone is 3. The van der Waals surface area contributed by atoms with E-state index in [0.29, 0.717) is 5.37 Å². The summed E-state index contributed by atoms with van der Waals surface area (Å²) in [6, 6.07) is 0. The van der Waals surface area contributed by atoms with Crippen LogP contribution in [0.25, 0.3) is 0 Å². The molecule has 0 saturated carbocycles. The van der Waals surface area contributed by atoms with E-state index < -0.39 is 0 Å². The summed E-state index contributed by atoms with van der Waals surface area (Å²) in [5.41, 5.74) is 1.28. The van der Waals surface area contributed by atoms with Gasteiger partial charge in [0.05, 0.1) is 5.37 Å². The molecule has 0 bridgehead atoms. The van der Waals surface area contributed by atoms with Crippen molar-refractivity contribution >= 4 is 11.8 Å². The van der Waals surface area contributed by atoms with Crippen LogP contribution in [-0.2, 0) is 0 Å². The molecule has 2 heteroatoms. The van der Waals surface area contributed by atoms with Crippen LogP contribution >= 0.6 is 11.8 Å². The zero-order valence-electron chi connectivity index (χ0n) is 6.64. The summed E-state index contributed by atoms with van der Waals surface area (Å²) in [6.45, 7) is 6.36. The van der Waals surface area contributed by atoms with Crippen LogP contribution in [0.5, 0.6) is 0 Å². The number of hydrogen-bond acceptors (Lipinski definition) is 2. The molecule has 10 heavy (non-hydrogen) atoms. The lowest BCUT2D eigenvalue weighted by Crippen LogP contribution is -2.14. The fraction of sp³-hybridized carbons (Fsp3) is 0.500. The Morgan fingerprint density at radius 1 is 1.60 bits per heavy atom. The highest BCUT2D eigenvalue weighted by Crippen LogP contribution is 2.29. The minimum Gasteiger partial charge on any atom is -0.373 e. The number of rotatable bonds is 1. The highest BCUT2D eigenvalue weighted by molar-refractivity contribution is 8.03. The van der Waals surface area contributed by atoms with E-state index in [1.54, 1.807) is 0 Å². The third kappa shape index (κ3) is 1.57. The van der Waals surface area contributed by atoms with Gasteiger partial charge in [0.25, 0.3) is 0 Å². The van der Waals surface area contributed by atoms with Gasteiger partial charge in [-0.15, -0.1) is 11.8 Å². The van der Waals surface area contributed by atoms with Crippen molar-refractivity contribution in [3.63, 3.8) is 0 Å². The highest BCUT2D eigenvalue weighted by Gasteiger charge is 2.14. The lowest BCUT2D eigenvalue weighted by atomic mass is 10.3. The van der Waals surface area contributed by atoms with E-state index in [4.69, 9.17) is 0 Å². The van der Waals surface area contributed by atoms with Gasteiger partial charge in [-0.05, 0) is 26.8 Å². The number of nitrogens with one attached hydrogen (secondary N) is 1. The Bertz CT molecular complexity index is 182. The predicted molar refractivity (Wildman–Crippen MR) is 47.7 cm³/mol. The van der Waals surface area contributed by atoms with Crippen molar-refractivity contribution in [2.75, 3.05) is 0 Å². The van der Waals surface area contributed by atoms with Gasteiger partial charge < -0.3 is 5.32 Å². The van der Waals surface area contributed by atoms with Crippen LogP contribution in [0.2, 0.25) is 0 Å². The summed E-state index contributed by atoms with van der Waals surface area (Å²) in [7, 11) is 0. The maximum atomic E-state index is 3.36. The van der Waals surface area contributed by atoms with Gasteiger partial charge in [-0.25, -0.2) is 0 Å². The molecule has 0 radical (unpaired) electrons. The molecule has 1 aliphatic heterocycles. The fourth-order valence-corrected chi connectivity index (χ4v) is 1.98. The molecule has 0 fully saturated rings. The minimum absolute atomic E-state index is 0.547. The first-order valence-corrected chi connectivity index (χ1v) is 4.38. The normalized spacial score (nSPS) is 26.1. The van der Waals surface area contributed by atoms with Gasteiger partial charge in [0, 0.05) is 10.6 Å². The van der Waals surface area contributed by atoms with Crippen molar-refractivity contribution in [3.05, 3.63) is 22.8 Å². The summed E-state index contributed by atoms with van der Waals surface area (Å²) in [4.78, 5) is 1.39. The van der Waals surface area contributed by atoms with E-state index in [0.717, 1.165) is 0 Å². The molecule has 1 nitrogen and oxygen atoms in total. The van der Waals surface area contributed by atoms with E-state index >= 15 is 0 Å². The Morgan fingerprint density at radius 2 is 2.30 bits per heavy atom. The van der Waals surface area contributed by atoms with Gasteiger partial charge in [-0.3, -0.25) is 0 Å². The van der Waals surface area contributed by atoms with Crippen LogP contribution in [0.3, 0.4) is 0 Å². The molecular weight excluding hydrogens is 142 g/mol. The molecule has 0 aromatic rings. The summed E-state index contributed by atoms with van der Waals surface area (Å²) in [6.07, 6.45) is 4.18. The molecule has 1 rings (SSSR count). The highest BCUT2D eigenvalue weighted by atomic mass is 32.2. The van der Waals surface area contributed by atoms with E-state index in [1.807, 2.05) is 18.7 Å². The third-order valence-corrected chi connectivity index (χ3v) is 2.47. The van der Waals surface area contributed by atoms with Gasteiger partial charge in [0.1, 0.15) is 0 Å². The maximum Gasteiger partial charge on any atom is 0.0738 e. The number of hydrogen-bond donors (Lipinski definition) is 1. The Morgan fingerprint density at radius 3 is 2.70 bits per heavy atom. The first-order chi connectivity index (χ1) is 4.74. The van der Waals surface area contributed by atoms with Crippen LogP contribution in [0.15, 0.2) is 22.8 Å². The Labute approximate surface area is 66.6 Å². The largest absolute Gasteiger partial charge is 0.373 e.